The third-order valence-electron chi connectivity index (χ3n) is 1.89. The minimum absolute atomic E-state index is 0.0582. The van der Waals surface area contributed by atoms with Gasteiger partial charge in [-0.2, -0.15) is 13.7 Å². The lowest BCUT2D eigenvalue weighted by molar-refractivity contribution is 0.599. The Morgan fingerprint density at radius 3 is 2.79 bits per heavy atom. The molecule has 0 saturated carbocycles. The second-order valence-corrected chi connectivity index (χ2v) is 4.29. The van der Waals surface area contributed by atoms with Crippen LogP contribution in [0.4, 0.5) is 0 Å². The molecule has 1 aromatic rings. The number of nitrogens with zero attached hydrogens (tertiary/aromatic N) is 2. The molecule has 0 bridgehead atoms. The number of rotatable bonds is 0. The zero-order valence-electron chi connectivity index (χ0n) is 6.93. The normalized spacial score (nSPS) is 16.9. The Bertz CT molecular complexity index is 581. The molecule has 1 aromatic carbocycles. The number of nitriles is 1. The van der Waals surface area contributed by atoms with Gasteiger partial charge in [0.05, 0.1) is 5.56 Å². The maximum absolute atomic E-state index is 11.4. The maximum atomic E-state index is 11.4. The van der Waals surface area contributed by atoms with E-state index in [2.05, 4.69) is 4.40 Å². The second kappa shape index (κ2) is 2.56. The van der Waals surface area contributed by atoms with Crippen molar-refractivity contribution in [3.05, 3.63) is 29.3 Å². The average Bonchev–Trinajstić information content (AvgIpc) is 2.38. The van der Waals surface area contributed by atoms with Crippen molar-refractivity contribution in [1.29, 1.82) is 5.26 Å². The van der Waals surface area contributed by atoms with Crippen molar-refractivity contribution in [3.8, 4) is 6.07 Å². The molecular formula is C8H5N3O2S. The van der Waals surface area contributed by atoms with Gasteiger partial charge in [0.25, 0.3) is 10.0 Å². The van der Waals surface area contributed by atoms with E-state index in [0.29, 0.717) is 5.56 Å². The molecule has 0 atom stereocenters. The Morgan fingerprint density at radius 1 is 1.43 bits per heavy atom. The molecule has 14 heavy (non-hydrogen) atoms. The molecular weight excluding hydrogens is 202 g/mol. The molecule has 0 amide bonds. The van der Waals surface area contributed by atoms with Gasteiger partial charge in [-0.25, -0.2) is 0 Å². The first-order valence-corrected chi connectivity index (χ1v) is 5.14. The van der Waals surface area contributed by atoms with E-state index < -0.39 is 10.0 Å². The quantitative estimate of drug-likeness (QED) is 0.645. The number of fused-ring (bicyclic) bond motifs is 1. The Morgan fingerprint density at radius 2 is 2.14 bits per heavy atom. The smallest absolute Gasteiger partial charge is 0.286 e. The Balaban J connectivity index is 2.92. The van der Waals surface area contributed by atoms with Crippen LogP contribution in [0, 0.1) is 11.3 Å². The minimum Gasteiger partial charge on any atom is -0.382 e. The maximum Gasteiger partial charge on any atom is 0.286 e. The first kappa shape index (κ1) is 8.72. The van der Waals surface area contributed by atoms with Gasteiger partial charge >= 0.3 is 0 Å². The Kier molecular flexibility index (Phi) is 1.59. The van der Waals surface area contributed by atoms with Crippen LogP contribution in [0.5, 0.6) is 0 Å². The van der Waals surface area contributed by atoms with E-state index in [1.807, 2.05) is 0 Å². The monoisotopic (exact) mass is 207 g/mol. The van der Waals surface area contributed by atoms with Crippen LogP contribution < -0.4 is 5.73 Å². The molecule has 1 aliphatic rings. The summed E-state index contributed by atoms with van der Waals surface area (Å²) in [6.07, 6.45) is 0. The third kappa shape index (κ3) is 0.995. The summed E-state index contributed by atoms with van der Waals surface area (Å²) in [5, 5.41) is 8.71. The van der Waals surface area contributed by atoms with Crippen LogP contribution >= 0.6 is 0 Å². The molecule has 0 fully saturated rings. The van der Waals surface area contributed by atoms with Gasteiger partial charge in [0, 0.05) is 5.56 Å². The van der Waals surface area contributed by atoms with Gasteiger partial charge in [0.1, 0.15) is 16.8 Å². The van der Waals surface area contributed by atoms with Gasteiger partial charge in [-0.15, -0.1) is 4.40 Å². The van der Waals surface area contributed by atoms with E-state index in [0.717, 1.165) is 0 Å². The highest BCUT2D eigenvalue weighted by Gasteiger charge is 2.30. The molecule has 1 aliphatic heterocycles. The molecule has 5 nitrogen and oxygen atoms in total. The summed E-state index contributed by atoms with van der Waals surface area (Å²) >= 11 is 0. The molecule has 0 saturated heterocycles. The van der Waals surface area contributed by atoms with Crippen LogP contribution in [-0.2, 0) is 10.0 Å². The van der Waals surface area contributed by atoms with Crippen molar-refractivity contribution in [2.45, 2.75) is 4.90 Å². The molecule has 0 radical (unpaired) electrons. The van der Waals surface area contributed by atoms with Gasteiger partial charge in [0.15, 0.2) is 0 Å². The predicted octanol–water partition coefficient (Wildman–Crippen LogP) is -0.0341. The predicted molar refractivity (Wildman–Crippen MR) is 49.1 cm³/mol. The van der Waals surface area contributed by atoms with Crippen LogP contribution in [0.3, 0.4) is 0 Å². The molecule has 70 valence electrons. The fourth-order valence-corrected chi connectivity index (χ4v) is 2.62. The summed E-state index contributed by atoms with van der Waals surface area (Å²) < 4.78 is 26.2. The van der Waals surface area contributed by atoms with Crippen LogP contribution in [0.2, 0.25) is 0 Å². The van der Waals surface area contributed by atoms with Crippen molar-refractivity contribution >= 4 is 15.9 Å². The Labute approximate surface area is 80.5 Å². The van der Waals surface area contributed by atoms with E-state index >= 15 is 0 Å². The Hall–Kier alpha value is -1.87. The highest BCUT2D eigenvalue weighted by Crippen LogP contribution is 2.27. The van der Waals surface area contributed by atoms with Gasteiger partial charge in [-0.1, -0.05) is 6.07 Å². The van der Waals surface area contributed by atoms with E-state index in [1.165, 1.54) is 12.1 Å². The molecule has 0 aliphatic carbocycles. The van der Waals surface area contributed by atoms with Crippen molar-refractivity contribution in [3.63, 3.8) is 0 Å². The fraction of sp³-hybridized carbons (Fsp3) is 0. The van der Waals surface area contributed by atoms with Crippen molar-refractivity contribution < 1.29 is 8.42 Å². The van der Waals surface area contributed by atoms with Gasteiger partial charge in [-0.3, -0.25) is 0 Å². The van der Waals surface area contributed by atoms with Crippen molar-refractivity contribution in [2.24, 2.45) is 10.1 Å². The zero-order chi connectivity index (χ0) is 10.3. The lowest BCUT2D eigenvalue weighted by atomic mass is 10.1. The highest BCUT2D eigenvalue weighted by molar-refractivity contribution is 7.90. The number of nitrogens with two attached hydrogens (primary N) is 1. The SMILES string of the molecule is N#Cc1cccc2c1S(=O)(=O)N=C2N. The number of benzene rings is 1. The van der Waals surface area contributed by atoms with E-state index in [-0.39, 0.29) is 16.3 Å². The molecule has 0 unspecified atom stereocenters. The summed E-state index contributed by atoms with van der Waals surface area (Å²) in [5.41, 5.74) is 5.79. The number of sulfonamides is 1. The van der Waals surface area contributed by atoms with E-state index in [9.17, 15) is 8.42 Å². The molecule has 2 rings (SSSR count). The van der Waals surface area contributed by atoms with Gasteiger partial charge in [-0.05, 0) is 12.1 Å². The average molecular weight is 207 g/mol. The van der Waals surface area contributed by atoms with Crippen molar-refractivity contribution in [1.82, 2.24) is 0 Å². The number of hydrogen-bond acceptors (Lipinski definition) is 4. The second-order valence-electron chi connectivity index (χ2n) is 2.75. The van der Waals surface area contributed by atoms with E-state index in [1.54, 1.807) is 12.1 Å². The first-order chi connectivity index (χ1) is 6.56. The summed E-state index contributed by atoms with van der Waals surface area (Å²) in [6, 6.07) is 6.31. The summed E-state index contributed by atoms with van der Waals surface area (Å²) in [5.74, 6) is -0.0582. The molecule has 0 aromatic heterocycles. The zero-order valence-corrected chi connectivity index (χ0v) is 7.75. The van der Waals surface area contributed by atoms with Crippen LogP contribution in [0.25, 0.3) is 0 Å². The summed E-state index contributed by atoms with van der Waals surface area (Å²) in [7, 11) is -3.76. The summed E-state index contributed by atoms with van der Waals surface area (Å²) in [4.78, 5) is -0.0833. The van der Waals surface area contributed by atoms with Crippen molar-refractivity contribution in [2.75, 3.05) is 0 Å². The van der Waals surface area contributed by atoms with Gasteiger partial charge in [0.2, 0.25) is 0 Å². The summed E-state index contributed by atoms with van der Waals surface area (Å²) in [6.45, 7) is 0. The molecule has 1 heterocycles. The standard InChI is InChI=1S/C8H5N3O2S/c9-4-5-2-1-3-6-7(5)14(12,13)11-8(6)10/h1-3H,(H2,10,11). The van der Waals surface area contributed by atoms with E-state index in [4.69, 9.17) is 11.0 Å². The van der Waals surface area contributed by atoms with Crippen LogP contribution in [0.15, 0.2) is 27.5 Å². The number of hydrogen-bond donors (Lipinski definition) is 1. The molecule has 6 heteroatoms. The highest BCUT2D eigenvalue weighted by atomic mass is 32.2. The fourth-order valence-electron chi connectivity index (χ4n) is 1.33. The van der Waals surface area contributed by atoms with Gasteiger partial charge < -0.3 is 5.73 Å². The lowest BCUT2D eigenvalue weighted by Gasteiger charge is -1.98. The molecule has 2 N–H and O–H groups in total. The largest absolute Gasteiger partial charge is 0.382 e. The number of amidine groups is 1. The topological polar surface area (TPSA) is 96.3 Å². The minimum atomic E-state index is -3.76. The van der Waals surface area contributed by atoms with Crippen LogP contribution in [0.1, 0.15) is 11.1 Å². The third-order valence-corrected chi connectivity index (χ3v) is 3.28. The first-order valence-electron chi connectivity index (χ1n) is 3.70. The molecule has 0 spiro atoms. The van der Waals surface area contributed by atoms with Crippen LogP contribution in [-0.4, -0.2) is 14.3 Å². The lowest BCUT2D eigenvalue weighted by Crippen LogP contribution is -2.10.